The Labute approximate surface area is 98.9 Å². The minimum Gasteiger partial charge on any atom is -0.394 e. The Kier molecular flexibility index (Phi) is 9.92. The fourth-order valence-corrected chi connectivity index (χ4v) is 1.07. The van der Waals surface area contributed by atoms with Crippen LogP contribution in [0.15, 0.2) is 0 Å². The summed E-state index contributed by atoms with van der Waals surface area (Å²) < 4.78 is 16.4. The summed E-state index contributed by atoms with van der Waals surface area (Å²) in [4.78, 5) is 0. The van der Waals surface area contributed by atoms with Crippen LogP contribution in [-0.2, 0) is 14.2 Å². The van der Waals surface area contributed by atoms with E-state index in [2.05, 4.69) is 6.92 Å². The molecule has 0 aliphatic carbocycles. The van der Waals surface area contributed by atoms with Gasteiger partial charge in [-0.1, -0.05) is 6.92 Å². The molecule has 4 nitrogen and oxygen atoms in total. The number of aliphatic hydroxyl groups is 1. The molecule has 0 bridgehead atoms. The molecule has 0 saturated heterocycles. The van der Waals surface area contributed by atoms with E-state index >= 15 is 0 Å². The molecule has 16 heavy (non-hydrogen) atoms. The lowest BCUT2D eigenvalue weighted by Crippen LogP contribution is -2.26. The first-order chi connectivity index (χ1) is 7.60. The third-order valence-electron chi connectivity index (χ3n) is 2.09. The van der Waals surface area contributed by atoms with Gasteiger partial charge in [0.2, 0.25) is 0 Å². The maximum absolute atomic E-state index is 8.78. The van der Waals surface area contributed by atoms with Gasteiger partial charge in [-0.05, 0) is 27.2 Å². The van der Waals surface area contributed by atoms with Crippen LogP contribution in [0.2, 0.25) is 0 Å². The van der Waals surface area contributed by atoms with Crippen molar-refractivity contribution in [2.45, 2.75) is 52.4 Å². The van der Waals surface area contributed by atoms with Crippen LogP contribution in [0, 0.1) is 0 Å². The molecule has 3 unspecified atom stereocenters. The molecule has 0 aromatic rings. The quantitative estimate of drug-likeness (QED) is 0.624. The fourth-order valence-electron chi connectivity index (χ4n) is 1.07. The lowest BCUT2D eigenvalue weighted by molar-refractivity contribution is -0.0742. The third-order valence-corrected chi connectivity index (χ3v) is 2.09. The lowest BCUT2D eigenvalue weighted by Gasteiger charge is -2.19. The van der Waals surface area contributed by atoms with E-state index in [9.17, 15) is 0 Å². The van der Waals surface area contributed by atoms with E-state index in [-0.39, 0.29) is 24.9 Å². The molecule has 0 amide bonds. The van der Waals surface area contributed by atoms with Crippen LogP contribution in [0.1, 0.15) is 34.1 Å². The van der Waals surface area contributed by atoms with Crippen LogP contribution in [0.3, 0.4) is 0 Å². The molecule has 0 saturated carbocycles. The molecule has 98 valence electrons. The Morgan fingerprint density at radius 3 is 1.88 bits per heavy atom. The van der Waals surface area contributed by atoms with Gasteiger partial charge in [-0.15, -0.1) is 0 Å². The zero-order valence-electron chi connectivity index (χ0n) is 10.9. The van der Waals surface area contributed by atoms with E-state index in [1.165, 1.54) is 0 Å². The molecular formula is C12H26O4. The van der Waals surface area contributed by atoms with Crippen molar-refractivity contribution in [3.05, 3.63) is 0 Å². The average molecular weight is 234 g/mol. The van der Waals surface area contributed by atoms with Crippen molar-refractivity contribution in [1.29, 1.82) is 0 Å². The van der Waals surface area contributed by atoms with Gasteiger partial charge in [0.1, 0.15) is 0 Å². The highest BCUT2D eigenvalue weighted by atomic mass is 16.6. The predicted octanol–water partition coefficient (Wildman–Crippen LogP) is 1.60. The fraction of sp³-hybridized carbons (Fsp3) is 1.00. The molecule has 0 spiro atoms. The van der Waals surface area contributed by atoms with E-state index in [1.54, 1.807) is 0 Å². The molecule has 0 aromatic carbocycles. The summed E-state index contributed by atoms with van der Waals surface area (Å²) >= 11 is 0. The van der Waals surface area contributed by atoms with Crippen molar-refractivity contribution >= 4 is 0 Å². The molecule has 0 radical (unpaired) electrons. The highest BCUT2D eigenvalue weighted by Gasteiger charge is 2.08. The van der Waals surface area contributed by atoms with Crippen LogP contribution in [0.25, 0.3) is 0 Å². The monoisotopic (exact) mass is 234 g/mol. The number of hydrogen-bond acceptors (Lipinski definition) is 4. The van der Waals surface area contributed by atoms with Gasteiger partial charge in [0.25, 0.3) is 0 Å². The maximum Gasteiger partial charge on any atom is 0.0781 e. The Hall–Kier alpha value is -0.160. The standard InChI is InChI=1S/C12H26O4/c1-5-6-14-11(3)8-16-12(4)9-15-10(2)7-13/h10-13H,5-9H2,1-4H3. The second kappa shape index (κ2) is 10.0. The van der Waals surface area contributed by atoms with E-state index < -0.39 is 0 Å². The number of ether oxygens (including phenoxy) is 3. The third kappa shape index (κ3) is 9.09. The van der Waals surface area contributed by atoms with Crippen LogP contribution in [0.4, 0.5) is 0 Å². The van der Waals surface area contributed by atoms with Gasteiger partial charge in [-0.2, -0.15) is 0 Å². The van der Waals surface area contributed by atoms with Crippen molar-refractivity contribution in [1.82, 2.24) is 0 Å². The van der Waals surface area contributed by atoms with Gasteiger partial charge >= 0.3 is 0 Å². The summed E-state index contributed by atoms with van der Waals surface area (Å²) in [6, 6.07) is 0. The molecule has 0 aliphatic rings. The molecule has 0 rings (SSSR count). The molecular weight excluding hydrogens is 208 g/mol. The number of aliphatic hydroxyl groups excluding tert-OH is 1. The van der Waals surface area contributed by atoms with Gasteiger partial charge in [0.15, 0.2) is 0 Å². The zero-order valence-corrected chi connectivity index (χ0v) is 10.9. The molecule has 1 N–H and O–H groups in total. The van der Waals surface area contributed by atoms with Crippen LogP contribution < -0.4 is 0 Å². The molecule has 0 fully saturated rings. The van der Waals surface area contributed by atoms with Crippen molar-refractivity contribution in [3.8, 4) is 0 Å². The van der Waals surface area contributed by atoms with E-state index in [4.69, 9.17) is 19.3 Å². The van der Waals surface area contributed by atoms with Crippen LogP contribution in [0.5, 0.6) is 0 Å². The van der Waals surface area contributed by atoms with Crippen molar-refractivity contribution in [3.63, 3.8) is 0 Å². The minimum atomic E-state index is -0.125. The van der Waals surface area contributed by atoms with Crippen LogP contribution in [-0.4, -0.2) is 49.8 Å². The lowest BCUT2D eigenvalue weighted by atomic mass is 10.4. The highest BCUT2D eigenvalue weighted by molar-refractivity contribution is 4.54. The topological polar surface area (TPSA) is 47.9 Å². The largest absolute Gasteiger partial charge is 0.394 e. The smallest absolute Gasteiger partial charge is 0.0781 e. The Morgan fingerprint density at radius 1 is 0.875 bits per heavy atom. The Bertz CT molecular complexity index is 152. The minimum absolute atomic E-state index is 0.0293. The van der Waals surface area contributed by atoms with E-state index in [0.717, 1.165) is 13.0 Å². The summed E-state index contributed by atoms with van der Waals surface area (Å²) in [5.41, 5.74) is 0. The molecule has 0 heterocycles. The van der Waals surface area contributed by atoms with E-state index in [0.29, 0.717) is 13.2 Å². The second-order valence-corrected chi connectivity index (χ2v) is 4.15. The van der Waals surface area contributed by atoms with Gasteiger partial charge in [0, 0.05) is 6.61 Å². The number of rotatable bonds is 10. The molecule has 0 aromatic heterocycles. The van der Waals surface area contributed by atoms with Gasteiger partial charge in [-0.3, -0.25) is 0 Å². The van der Waals surface area contributed by atoms with Gasteiger partial charge < -0.3 is 19.3 Å². The van der Waals surface area contributed by atoms with E-state index in [1.807, 2.05) is 20.8 Å². The molecule has 0 aliphatic heterocycles. The highest BCUT2D eigenvalue weighted by Crippen LogP contribution is 2.00. The predicted molar refractivity (Wildman–Crippen MR) is 63.6 cm³/mol. The average Bonchev–Trinajstić information content (AvgIpc) is 2.30. The van der Waals surface area contributed by atoms with Gasteiger partial charge in [-0.25, -0.2) is 0 Å². The maximum atomic E-state index is 8.78. The summed E-state index contributed by atoms with van der Waals surface area (Å²) in [6.45, 7) is 9.77. The SMILES string of the molecule is CCCOC(C)COC(C)COC(C)CO. The first-order valence-electron chi connectivity index (χ1n) is 6.05. The van der Waals surface area contributed by atoms with Crippen LogP contribution >= 0.6 is 0 Å². The van der Waals surface area contributed by atoms with Gasteiger partial charge in [0.05, 0.1) is 38.1 Å². The Balaban J connectivity index is 3.45. The molecule has 3 atom stereocenters. The van der Waals surface area contributed by atoms with Crippen molar-refractivity contribution in [2.75, 3.05) is 26.4 Å². The van der Waals surface area contributed by atoms with Crippen molar-refractivity contribution < 1.29 is 19.3 Å². The first-order valence-corrected chi connectivity index (χ1v) is 6.05. The summed E-state index contributed by atoms with van der Waals surface area (Å²) in [5.74, 6) is 0. The van der Waals surface area contributed by atoms with Crippen molar-refractivity contribution in [2.24, 2.45) is 0 Å². The zero-order chi connectivity index (χ0) is 12.4. The second-order valence-electron chi connectivity index (χ2n) is 4.15. The number of hydrogen-bond donors (Lipinski definition) is 1. The summed E-state index contributed by atoms with van der Waals surface area (Å²) in [7, 11) is 0. The first kappa shape index (κ1) is 15.8. The molecule has 4 heteroatoms. The normalized spacial score (nSPS) is 17.1. The summed E-state index contributed by atoms with van der Waals surface area (Å²) in [5, 5.41) is 8.78. The summed E-state index contributed by atoms with van der Waals surface area (Å²) in [6.07, 6.45) is 1.05. The Morgan fingerprint density at radius 2 is 1.38 bits per heavy atom.